The molecule has 4 heterocycles. The third-order valence-corrected chi connectivity index (χ3v) is 7.56. The summed E-state index contributed by atoms with van der Waals surface area (Å²) in [4.78, 5) is 34.4. The zero-order valence-electron chi connectivity index (χ0n) is 21.3. The lowest BCUT2D eigenvalue weighted by atomic mass is 9.73. The van der Waals surface area contributed by atoms with Crippen molar-refractivity contribution in [3.8, 4) is 17.2 Å². The average Bonchev–Trinajstić information content (AvgIpc) is 3.04. The van der Waals surface area contributed by atoms with E-state index in [9.17, 15) is 9.59 Å². The summed E-state index contributed by atoms with van der Waals surface area (Å²) in [6.07, 6.45) is 3.68. The second kappa shape index (κ2) is 9.98. The van der Waals surface area contributed by atoms with Crippen molar-refractivity contribution in [1.82, 2.24) is 10.3 Å². The molecule has 9 heteroatoms. The quantitative estimate of drug-likeness (QED) is 0.556. The zero-order valence-corrected chi connectivity index (χ0v) is 21.3. The number of ether oxygens (including phenoxy) is 3. The topological polar surface area (TPSA) is 93.2 Å². The number of hydrogen-bond acceptors (Lipinski definition) is 7. The number of para-hydroxylation sites is 1. The number of aromatic nitrogens is 1. The number of likely N-dealkylation sites (N-methyl/N-ethyl adjacent to an activating group) is 1. The Hall–Kier alpha value is -4.11. The van der Waals surface area contributed by atoms with Gasteiger partial charge in [-0.3, -0.25) is 14.6 Å². The highest BCUT2D eigenvalue weighted by atomic mass is 16.5. The maximum Gasteiger partial charge on any atom is 0.270 e. The van der Waals surface area contributed by atoms with Gasteiger partial charge in [0.1, 0.15) is 35.6 Å². The summed E-state index contributed by atoms with van der Waals surface area (Å²) in [5.74, 6) is 1.00. The largest absolute Gasteiger partial charge is 0.489 e. The Bertz CT molecular complexity index is 1330. The number of nitrogens with zero attached hydrogens (tertiary/aromatic N) is 3. The smallest absolute Gasteiger partial charge is 0.270 e. The van der Waals surface area contributed by atoms with Crippen LogP contribution in [0.25, 0.3) is 0 Å². The highest BCUT2D eigenvalue weighted by Gasteiger charge is 2.44. The number of carbonyl (C=O) groups is 2. The van der Waals surface area contributed by atoms with Gasteiger partial charge in [0.2, 0.25) is 0 Å². The molecule has 38 heavy (non-hydrogen) atoms. The van der Waals surface area contributed by atoms with Crippen molar-refractivity contribution < 1.29 is 23.8 Å². The van der Waals surface area contributed by atoms with E-state index in [1.807, 2.05) is 48.5 Å². The van der Waals surface area contributed by atoms with Crippen LogP contribution in [0.2, 0.25) is 0 Å². The summed E-state index contributed by atoms with van der Waals surface area (Å²) >= 11 is 0. The molecule has 1 aromatic heterocycles. The second-order valence-electron chi connectivity index (χ2n) is 10.1. The first-order valence-electron chi connectivity index (χ1n) is 12.9. The van der Waals surface area contributed by atoms with Crippen LogP contribution in [0.4, 0.5) is 11.4 Å². The summed E-state index contributed by atoms with van der Waals surface area (Å²) in [6.45, 7) is 3.67. The molecule has 1 atom stereocenters. The molecular weight excluding hydrogens is 484 g/mol. The van der Waals surface area contributed by atoms with E-state index >= 15 is 0 Å². The van der Waals surface area contributed by atoms with E-state index < -0.39 is 11.9 Å². The van der Waals surface area contributed by atoms with Gasteiger partial charge in [-0.1, -0.05) is 18.2 Å². The zero-order chi connectivity index (χ0) is 26.1. The molecule has 2 amide bonds. The number of rotatable bonds is 5. The van der Waals surface area contributed by atoms with Crippen LogP contribution in [0.1, 0.15) is 23.3 Å². The Kier molecular flexibility index (Phi) is 6.37. The molecule has 3 aliphatic rings. The first-order chi connectivity index (χ1) is 18.5. The van der Waals surface area contributed by atoms with Gasteiger partial charge in [-0.15, -0.1) is 0 Å². The summed E-state index contributed by atoms with van der Waals surface area (Å²) in [7, 11) is 1.71. The van der Waals surface area contributed by atoms with Gasteiger partial charge in [0.15, 0.2) is 0 Å². The summed E-state index contributed by atoms with van der Waals surface area (Å²) in [5, 5.41) is 2.78. The summed E-state index contributed by atoms with van der Waals surface area (Å²) < 4.78 is 17.3. The predicted molar refractivity (Wildman–Crippen MR) is 142 cm³/mol. The van der Waals surface area contributed by atoms with Gasteiger partial charge in [-0.2, -0.15) is 0 Å². The van der Waals surface area contributed by atoms with Crippen LogP contribution in [-0.2, 0) is 9.53 Å². The minimum absolute atomic E-state index is 0.0221. The van der Waals surface area contributed by atoms with Crippen LogP contribution in [0.5, 0.6) is 17.2 Å². The van der Waals surface area contributed by atoms with Gasteiger partial charge in [0.05, 0.1) is 5.69 Å². The lowest BCUT2D eigenvalue weighted by Crippen LogP contribution is -2.58. The SMILES string of the molecule is CN1C(=O)C(NC(=O)c2cc(Oc3ccccc3)ccn2)COc2ccc(N3CC4(CCOCC4)C3)cc21. The molecule has 0 saturated carbocycles. The number of amides is 2. The standard InChI is InChI=1S/C29H30N4O5/c1-32-25-15-20(33-18-29(19-33)10-13-36-14-11-29)7-8-26(25)37-17-24(28(32)35)31-27(34)23-16-22(9-12-30-23)38-21-5-3-2-4-6-21/h2-9,12,15-16,24H,10-11,13-14,17-19H2,1H3,(H,31,34). The number of pyridine rings is 1. The highest BCUT2D eigenvalue weighted by molar-refractivity contribution is 6.03. The van der Waals surface area contributed by atoms with Gasteiger partial charge >= 0.3 is 0 Å². The van der Waals surface area contributed by atoms with Crippen molar-refractivity contribution in [3.63, 3.8) is 0 Å². The van der Waals surface area contributed by atoms with Crippen molar-refractivity contribution in [2.24, 2.45) is 5.41 Å². The Balaban J connectivity index is 1.13. The molecule has 1 N–H and O–H groups in total. The second-order valence-corrected chi connectivity index (χ2v) is 10.1. The fourth-order valence-corrected chi connectivity index (χ4v) is 5.31. The fraction of sp³-hybridized carbons (Fsp3) is 0.345. The fourth-order valence-electron chi connectivity index (χ4n) is 5.31. The van der Waals surface area contributed by atoms with Crippen LogP contribution in [0, 0.1) is 5.41 Å². The minimum atomic E-state index is -0.863. The number of nitrogens with one attached hydrogen (secondary N) is 1. The van der Waals surface area contributed by atoms with E-state index in [4.69, 9.17) is 14.2 Å². The number of anilines is 2. The maximum atomic E-state index is 13.3. The van der Waals surface area contributed by atoms with Crippen LogP contribution in [0.3, 0.4) is 0 Å². The maximum absolute atomic E-state index is 13.3. The summed E-state index contributed by atoms with van der Waals surface area (Å²) in [6, 6.07) is 17.6. The van der Waals surface area contributed by atoms with E-state index in [0.717, 1.165) is 44.8 Å². The normalized spacial score (nSPS) is 20.1. The van der Waals surface area contributed by atoms with Crippen molar-refractivity contribution >= 4 is 23.2 Å². The monoisotopic (exact) mass is 514 g/mol. The molecule has 9 nitrogen and oxygen atoms in total. The average molecular weight is 515 g/mol. The van der Waals surface area contributed by atoms with Crippen LogP contribution >= 0.6 is 0 Å². The Morgan fingerprint density at radius 3 is 2.63 bits per heavy atom. The minimum Gasteiger partial charge on any atom is -0.489 e. The van der Waals surface area contributed by atoms with Crippen molar-refractivity contribution in [2.45, 2.75) is 18.9 Å². The molecule has 0 radical (unpaired) electrons. The van der Waals surface area contributed by atoms with Gasteiger partial charge in [0.25, 0.3) is 11.8 Å². The lowest BCUT2D eigenvalue weighted by Gasteiger charge is -2.53. The third-order valence-electron chi connectivity index (χ3n) is 7.56. The van der Waals surface area contributed by atoms with Crippen LogP contribution < -0.4 is 24.6 Å². The molecule has 6 rings (SSSR count). The molecule has 3 aliphatic heterocycles. The lowest BCUT2D eigenvalue weighted by molar-refractivity contribution is -0.120. The van der Waals surface area contributed by atoms with Crippen LogP contribution in [0.15, 0.2) is 66.9 Å². The highest BCUT2D eigenvalue weighted by Crippen LogP contribution is 2.44. The van der Waals surface area contributed by atoms with E-state index in [1.54, 1.807) is 24.1 Å². The van der Waals surface area contributed by atoms with Crippen molar-refractivity contribution in [2.75, 3.05) is 49.8 Å². The van der Waals surface area contributed by atoms with Gasteiger partial charge in [-0.25, -0.2) is 0 Å². The first kappa shape index (κ1) is 24.2. The van der Waals surface area contributed by atoms with Gasteiger partial charge in [-0.05, 0) is 49.2 Å². The van der Waals surface area contributed by atoms with Gasteiger partial charge in [0, 0.05) is 56.7 Å². The predicted octanol–water partition coefficient (Wildman–Crippen LogP) is 3.64. The molecular formula is C29H30N4O5. The Labute approximate surface area is 221 Å². The van der Waals surface area contributed by atoms with E-state index in [-0.39, 0.29) is 18.2 Å². The molecule has 196 valence electrons. The number of hydrogen-bond donors (Lipinski definition) is 1. The Morgan fingerprint density at radius 2 is 1.84 bits per heavy atom. The molecule has 3 aromatic rings. The van der Waals surface area contributed by atoms with Crippen molar-refractivity contribution in [1.29, 1.82) is 0 Å². The van der Waals surface area contributed by atoms with E-state index in [1.165, 1.54) is 6.20 Å². The summed E-state index contributed by atoms with van der Waals surface area (Å²) in [5.41, 5.74) is 2.24. The molecule has 2 saturated heterocycles. The first-order valence-corrected chi connectivity index (χ1v) is 12.9. The van der Waals surface area contributed by atoms with E-state index in [2.05, 4.69) is 15.2 Å². The molecule has 2 aromatic carbocycles. The van der Waals surface area contributed by atoms with E-state index in [0.29, 0.717) is 28.4 Å². The number of carbonyl (C=O) groups excluding carboxylic acids is 2. The molecule has 1 unspecified atom stereocenters. The molecule has 0 aliphatic carbocycles. The van der Waals surface area contributed by atoms with Crippen LogP contribution in [-0.4, -0.2) is 62.8 Å². The molecule has 0 bridgehead atoms. The number of fused-ring (bicyclic) bond motifs is 1. The third kappa shape index (κ3) is 4.77. The Morgan fingerprint density at radius 1 is 1.05 bits per heavy atom. The van der Waals surface area contributed by atoms with Crippen molar-refractivity contribution in [3.05, 3.63) is 72.6 Å². The number of benzene rings is 2. The molecule has 1 spiro atoms. The van der Waals surface area contributed by atoms with Gasteiger partial charge < -0.3 is 29.3 Å². The molecule has 2 fully saturated rings.